The lowest BCUT2D eigenvalue weighted by Crippen LogP contribution is -2.33. The topological polar surface area (TPSA) is 46.2 Å². The smallest absolute Gasteiger partial charge is 0.168 e. The lowest BCUT2D eigenvalue weighted by atomic mass is 9.78. The summed E-state index contributed by atoms with van der Waals surface area (Å²) in [5.41, 5.74) is 4.48. The summed E-state index contributed by atoms with van der Waals surface area (Å²) in [5.74, 6) is -4.42. The highest BCUT2D eigenvalue weighted by molar-refractivity contribution is 5.42. The molecule has 0 amide bonds. The fourth-order valence-electron chi connectivity index (χ4n) is 2.68. The molecule has 0 aliphatic heterocycles. The molecule has 1 aliphatic carbocycles. The lowest BCUT2D eigenvalue weighted by molar-refractivity contribution is 0.352. The first-order valence-corrected chi connectivity index (χ1v) is 5.59. The van der Waals surface area contributed by atoms with E-state index in [2.05, 4.69) is 0 Å². The van der Waals surface area contributed by atoms with Crippen LogP contribution in [0.5, 0.6) is 5.75 Å². The van der Waals surface area contributed by atoms with E-state index in [0.29, 0.717) is 18.9 Å². The van der Waals surface area contributed by atoms with Gasteiger partial charge in [-0.3, -0.25) is 0 Å². The second kappa shape index (κ2) is 4.22. The van der Waals surface area contributed by atoms with Crippen molar-refractivity contribution in [1.82, 2.24) is 0 Å². The van der Waals surface area contributed by atoms with Crippen molar-refractivity contribution >= 4 is 0 Å². The zero-order valence-electron chi connectivity index (χ0n) is 9.27. The minimum Gasteiger partial charge on any atom is -0.505 e. The Morgan fingerprint density at radius 1 is 1.18 bits per heavy atom. The van der Waals surface area contributed by atoms with Crippen molar-refractivity contribution in [3.63, 3.8) is 0 Å². The molecular formula is C12H14F3NO. The van der Waals surface area contributed by atoms with E-state index in [-0.39, 0.29) is 12.1 Å². The summed E-state index contributed by atoms with van der Waals surface area (Å²) in [6.07, 6.45) is 2.70. The van der Waals surface area contributed by atoms with E-state index in [9.17, 15) is 18.3 Å². The number of nitrogens with two attached hydrogens (primary N) is 1. The predicted octanol–water partition coefficient (Wildman–Crippen LogP) is 2.58. The van der Waals surface area contributed by atoms with Gasteiger partial charge in [0, 0.05) is 23.6 Å². The van der Waals surface area contributed by atoms with Crippen molar-refractivity contribution in [2.24, 2.45) is 5.73 Å². The van der Waals surface area contributed by atoms with Crippen LogP contribution in [0.3, 0.4) is 0 Å². The van der Waals surface area contributed by atoms with Crippen LogP contribution in [0, 0.1) is 17.5 Å². The number of halogens is 3. The lowest BCUT2D eigenvalue weighted by Gasteiger charge is -2.29. The first kappa shape index (κ1) is 12.2. The van der Waals surface area contributed by atoms with Gasteiger partial charge in [-0.05, 0) is 12.8 Å². The normalized spacial score (nSPS) is 18.6. The van der Waals surface area contributed by atoms with Gasteiger partial charge in [-0.2, -0.15) is 0 Å². The molecule has 2 nitrogen and oxygen atoms in total. The average molecular weight is 245 g/mol. The van der Waals surface area contributed by atoms with Gasteiger partial charge in [0.15, 0.2) is 23.2 Å². The molecule has 94 valence electrons. The summed E-state index contributed by atoms with van der Waals surface area (Å²) in [4.78, 5) is 0. The Balaban J connectivity index is 2.65. The van der Waals surface area contributed by atoms with Crippen molar-refractivity contribution in [3.05, 3.63) is 29.1 Å². The second-order valence-electron chi connectivity index (χ2n) is 4.57. The predicted molar refractivity (Wildman–Crippen MR) is 57.2 cm³/mol. The van der Waals surface area contributed by atoms with Crippen LogP contribution in [0.15, 0.2) is 6.07 Å². The fourth-order valence-corrected chi connectivity index (χ4v) is 2.68. The van der Waals surface area contributed by atoms with E-state index in [1.807, 2.05) is 0 Å². The molecule has 1 aromatic rings. The molecule has 0 spiro atoms. The van der Waals surface area contributed by atoms with Crippen molar-refractivity contribution in [2.45, 2.75) is 31.1 Å². The van der Waals surface area contributed by atoms with Crippen LogP contribution < -0.4 is 5.73 Å². The van der Waals surface area contributed by atoms with Gasteiger partial charge in [-0.1, -0.05) is 12.8 Å². The Hall–Kier alpha value is -1.23. The SMILES string of the molecule is NCC1(c2c(O)c(F)cc(F)c2F)CCCC1. The summed E-state index contributed by atoms with van der Waals surface area (Å²) in [6, 6.07) is 0.354. The third-order valence-electron chi connectivity index (χ3n) is 3.63. The maximum atomic E-state index is 13.8. The number of phenols is 1. The average Bonchev–Trinajstić information content (AvgIpc) is 2.77. The quantitative estimate of drug-likeness (QED) is 0.787. The van der Waals surface area contributed by atoms with Crippen LogP contribution in [0.25, 0.3) is 0 Å². The van der Waals surface area contributed by atoms with Crippen LogP contribution in [0.1, 0.15) is 31.2 Å². The van der Waals surface area contributed by atoms with Gasteiger partial charge in [-0.25, -0.2) is 13.2 Å². The fraction of sp³-hybridized carbons (Fsp3) is 0.500. The molecule has 17 heavy (non-hydrogen) atoms. The molecular weight excluding hydrogens is 231 g/mol. The van der Waals surface area contributed by atoms with Crippen molar-refractivity contribution in [3.8, 4) is 5.75 Å². The Labute approximate surface area is 97.2 Å². The first-order valence-electron chi connectivity index (χ1n) is 5.59. The monoisotopic (exact) mass is 245 g/mol. The minimum atomic E-state index is -1.28. The van der Waals surface area contributed by atoms with E-state index in [4.69, 9.17) is 5.73 Å². The Morgan fingerprint density at radius 3 is 2.29 bits per heavy atom. The zero-order valence-corrected chi connectivity index (χ0v) is 9.27. The second-order valence-corrected chi connectivity index (χ2v) is 4.57. The van der Waals surface area contributed by atoms with Crippen molar-refractivity contribution in [2.75, 3.05) is 6.54 Å². The molecule has 3 N–H and O–H groups in total. The van der Waals surface area contributed by atoms with Crippen LogP contribution in [0.4, 0.5) is 13.2 Å². The minimum absolute atomic E-state index is 0.0698. The van der Waals surface area contributed by atoms with Gasteiger partial charge >= 0.3 is 0 Å². The molecule has 0 saturated heterocycles. The van der Waals surface area contributed by atoms with E-state index < -0.39 is 28.6 Å². The van der Waals surface area contributed by atoms with Crippen LogP contribution in [-0.2, 0) is 5.41 Å². The summed E-state index contributed by atoms with van der Waals surface area (Å²) >= 11 is 0. The summed E-state index contributed by atoms with van der Waals surface area (Å²) < 4.78 is 40.3. The third-order valence-corrected chi connectivity index (χ3v) is 3.63. The highest BCUT2D eigenvalue weighted by Crippen LogP contribution is 2.46. The van der Waals surface area contributed by atoms with Gasteiger partial charge in [0.1, 0.15) is 0 Å². The molecule has 0 heterocycles. The van der Waals surface area contributed by atoms with Gasteiger partial charge in [0.25, 0.3) is 0 Å². The highest BCUT2D eigenvalue weighted by Gasteiger charge is 2.40. The van der Waals surface area contributed by atoms with E-state index in [1.54, 1.807) is 0 Å². The maximum absolute atomic E-state index is 13.8. The molecule has 1 aliphatic rings. The number of hydrogen-bond acceptors (Lipinski definition) is 2. The Kier molecular flexibility index (Phi) is 3.03. The molecule has 0 unspecified atom stereocenters. The summed E-state index contributed by atoms with van der Waals surface area (Å²) in [7, 11) is 0. The van der Waals surface area contributed by atoms with Crippen LogP contribution in [0.2, 0.25) is 0 Å². The molecule has 1 aromatic carbocycles. The molecule has 2 rings (SSSR count). The highest BCUT2D eigenvalue weighted by atomic mass is 19.2. The molecule has 0 radical (unpaired) electrons. The number of phenolic OH excluding ortho intramolecular Hbond substituents is 1. The largest absolute Gasteiger partial charge is 0.505 e. The van der Waals surface area contributed by atoms with E-state index >= 15 is 0 Å². The van der Waals surface area contributed by atoms with Gasteiger partial charge in [0.05, 0.1) is 0 Å². The molecule has 1 saturated carbocycles. The van der Waals surface area contributed by atoms with E-state index in [0.717, 1.165) is 12.8 Å². The van der Waals surface area contributed by atoms with Gasteiger partial charge in [0.2, 0.25) is 0 Å². The Morgan fingerprint density at radius 2 is 1.76 bits per heavy atom. The number of rotatable bonds is 2. The molecule has 5 heteroatoms. The zero-order chi connectivity index (χ0) is 12.6. The Bertz CT molecular complexity index is 416. The van der Waals surface area contributed by atoms with Gasteiger partial charge in [-0.15, -0.1) is 0 Å². The van der Waals surface area contributed by atoms with Crippen LogP contribution >= 0.6 is 0 Å². The number of aromatic hydroxyl groups is 1. The summed E-state index contributed by atoms with van der Waals surface area (Å²) in [5, 5.41) is 9.62. The molecule has 0 aromatic heterocycles. The van der Waals surface area contributed by atoms with Crippen molar-refractivity contribution < 1.29 is 18.3 Å². The standard InChI is InChI=1S/C12H14F3NO/c13-7-5-8(14)11(17)9(10(7)15)12(6-16)3-1-2-4-12/h5,17H,1-4,6,16H2. The number of benzene rings is 1. The molecule has 0 bridgehead atoms. The maximum Gasteiger partial charge on any atom is 0.168 e. The first-order chi connectivity index (χ1) is 8.02. The van der Waals surface area contributed by atoms with Gasteiger partial charge < -0.3 is 10.8 Å². The number of hydrogen-bond donors (Lipinski definition) is 2. The molecule has 0 atom stereocenters. The van der Waals surface area contributed by atoms with E-state index in [1.165, 1.54) is 0 Å². The summed E-state index contributed by atoms with van der Waals surface area (Å²) in [6.45, 7) is 0.0698. The molecule has 1 fully saturated rings. The third kappa shape index (κ3) is 1.78. The van der Waals surface area contributed by atoms with Crippen LogP contribution in [-0.4, -0.2) is 11.7 Å². The van der Waals surface area contributed by atoms with Crippen molar-refractivity contribution in [1.29, 1.82) is 0 Å².